The van der Waals surface area contributed by atoms with Gasteiger partial charge in [-0.05, 0) is 29.8 Å². The number of rotatable bonds is 3. The molecule has 19 heavy (non-hydrogen) atoms. The SMILES string of the molecule is CN(Cc1ccncc1)c1ccnc(C(F)(F)F)c1. The van der Waals surface area contributed by atoms with Gasteiger partial charge in [-0.1, -0.05) is 0 Å². The molecule has 0 aliphatic carbocycles. The van der Waals surface area contributed by atoms with Crippen molar-refractivity contribution >= 4 is 5.69 Å². The van der Waals surface area contributed by atoms with Gasteiger partial charge in [0.1, 0.15) is 5.69 Å². The average Bonchev–Trinajstić information content (AvgIpc) is 2.39. The van der Waals surface area contributed by atoms with Crippen molar-refractivity contribution in [3.05, 3.63) is 54.1 Å². The largest absolute Gasteiger partial charge is 0.433 e. The Morgan fingerprint density at radius 2 is 1.79 bits per heavy atom. The van der Waals surface area contributed by atoms with Crippen LogP contribution in [0.25, 0.3) is 0 Å². The van der Waals surface area contributed by atoms with E-state index in [1.165, 1.54) is 6.20 Å². The molecular weight excluding hydrogens is 255 g/mol. The highest BCUT2D eigenvalue weighted by Crippen LogP contribution is 2.29. The van der Waals surface area contributed by atoms with Gasteiger partial charge in [0, 0.05) is 37.9 Å². The lowest BCUT2D eigenvalue weighted by atomic mass is 10.2. The second-order valence-electron chi connectivity index (χ2n) is 4.11. The normalized spacial score (nSPS) is 11.4. The van der Waals surface area contributed by atoms with E-state index >= 15 is 0 Å². The molecule has 2 heterocycles. The Morgan fingerprint density at radius 3 is 2.42 bits per heavy atom. The van der Waals surface area contributed by atoms with Gasteiger partial charge >= 0.3 is 6.18 Å². The van der Waals surface area contributed by atoms with Crippen LogP contribution in [0.4, 0.5) is 18.9 Å². The van der Waals surface area contributed by atoms with Crippen LogP contribution in [-0.4, -0.2) is 17.0 Å². The molecule has 0 unspecified atom stereocenters. The van der Waals surface area contributed by atoms with Gasteiger partial charge in [0.05, 0.1) is 0 Å². The van der Waals surface area contributed by atoms with Gasteiger partial charge in [-0.3, -0.25) is 9.97 Å². The zero-order valence-corrected chi connectivity index (χ0v) is 10.2. The zero-order valence-electron chi connectivity index (χ0n) is 10.2. The number of halogens is 3. The van der Waals surface area contributed by atoms with E-state index in [1.807, 2.05) is 12.1 Å². The van der Waals surface area contributed by atoms with Crippen LogP contribution in [0.15, 0.2) is 42.9 Å². The van der Waals surface area contributed by atoms with Gasteiger partial charge in [0.25, 0.3) is 0 Å². The van der Waals surface area contributed by atoms with Crippen LogP contribution >= 0.6 is 0 Å². The van der Waals surface area contributed by atoms with Gasteiger partial charge in [-0.25, -0.2) is 0 Å². The summed E-state index contributed by atoms with van der Waals surface area (Å²) in [6, 6.07) is 6.24. The van der Waals surface area contributed by atoms with Crippen molar-refractivity contribution in [3.8, 4) is 0 Å². The van der Waals surface area contributed by atoms with Crippen LogP contribution < -0.4 is 4.90 Å². The molecule has 3 nitrogen and oxygen atoms in total. The Labute approximate surface area is 108 Å². The van der Waals surface area contributed by atoms with Crippen molar-refractivity contribution in [2.24, 2.45) is 0 Å². The van der Waals surface area contributed by atoms with Crippen LogP contribution in [0.3, 0.4) is 0 Å². The minimum absolute atomic E-state index is 0.471. The Bertz CT molecular complexity index is 540. The number of anilines is 1. The van der Waals surface area contributed by atoms with Gasteiger partial charge in [0.15, 0.2) is 0 Å². The monoisotopic (exact) mass is 267 g/mol. The van der Waals surface area contributed by atoms with Crippen LogP contribution in [0.1, 0.15) is 11.3 Å². The van der Waals surface area contributed by atoms with E-state index in [-0.39, 0.29) is 0 Å². The molecule has 2 aromatic rings. The third-order valence-electron chi connectivity index (χ3n) is 2.64. The standard InChI is InChI=1S/C13H12F3N3/c1-19(9-10-2-5-17-6-3-10)11-4-7-18-12(8-11)13(14,15)16/h2-8H,9H2,1H3. The second-order valence-corrected chi connectivity index (χ2v) is 4.11. The minimum atomic E-state index is -4.42. The van der Waals surface area contributed by atoms with Crippen LogP contribution in [-0.2, 0) is 12.7 Å². The number of hydrogen-bond donors (Lipinski definition) is 0. The molecule has 0 radical (unpaired) electrons. The maximum atomic E-state index is 12.6. The van der Waals surface area contributed by atoms with Crippen LogP contribution in [0.5, 0.6) is 0 Å². The van der Waals surface area contributed by atoms with E-state index in [0.29, 0.717) is 12.2 Å². The van der Waals surface area contributed by atoms with Crippen molar-refractivity contribution in [1.29, 1.82) is 0 Å². The molecule has 0 spiro atoms. The third kappa shape index (κ3) is 3.43. The summed E-state index contributed by atoms with van der Waals surface area (Å²) in [7, 11) is 1.73. The number of pyridine rings is 2. The molecular formula is C13H12F3N3. The molecule has 0 aliphatic rings. The maximum Gasteiger partial charge on any atom is 0.433 e. The molecule has 0 atom stereocenters. The first-order valence-corrected chi connectivity index (χ1v) is 5.60. The first-order chi connectivity index (χ1) is 8.97. The van der Waals surface area contributed by atoms with Crippen molar-refractivity contribution in [2.75, 3.05) is 11.9 Å². The highest BCUT2D eigenvalue weighted by molar-refractivity contribution is 5.46. The fourth-order valence-corrected chi connectivity index (χ4v) is 1.67. The Balaban J connectivity index is 2.18. The summed E-state index contributed by atoms with van der Waals surface area (Å²) < 4.78 is 37.7. The molecule has 2 rings (SSSR count). The smallest absolute Gasteiger partial charge is 0.370 e. The first-order valence-electron chi connectivity index (χ1n) is 5.60. The van der Waals surface area contributed by atoms with Gasteiger partial charge in [-0.15, -0.1) is 0 Å². The Hall–Kier alpha value is -2.11. The quantitative estimate of drug-likeness (QED) is 0.855. The summed E-state index contributed by atoms with van der Waals surface area (Å²) in [6.45, 7) is 0.504. The second kappa shape index (κ2) is 5.26. The van der Waals surface area contributed by atoms with E-state index in [2.05, 4.69) is 9.97 Å². The lowest BCUT2D eigenvalue weighted by Gasteiger charge is -2.20. The van der Waals surface area contributed by atoms with Gasteiger partial charge in [0.2, 0.25) is 0 Å². The van der Waals surface area contributed by atoms with E-state index in [4.69, 9.17) is 0 Å². The highest BCUT2D eigenvalue weighted by atomic mass is 19.4. The van der Waals surface area contributed by atoms with Crippen molar-refractivity contribution in [1.82, 2.24) is 9.97 Å². The van der Waals surface area contributed by atoms with Crippen molar-refractivity contribution < 1.29 is 13.2 Å². The molecule has 0 fully saturated rings. The molecule has 0 bridgehead atoms. The summed E-state index contributed by atoms with van der Waals surface area (Å²) in [5.41, 5.74) is 0.564. The first kappa shape index (κ1) is 13.3. The summed E-state index contributed by atoms with van der Waals surface area (Å²) >= 11 is 0. The summed E-state index contributed by atoms with van der Waals surface area (Å²) in [4.78, 5) is 8.96. The van der Waals surface area contributed by atoms with Gasteiger partial charge in [-0.2, -0.15) is 13.2 Å². The molecule has 0 saturated heterocycles. The molecule has 6 heteroatoms. The van der Waals surface area contributed by atoms with Gasteiger partial charge < -0.3 is 4.90 Å². The summed E-state index contributed by atoms with van der Waals surface area (Å²) in [6.07, 6.45) is 0.0441. The van der Waals surface area contributed by atoms with E-state index < -0.39 is 11.9 Å². The lowest BCUT2D eigenvalue weighted by Crippen LogP contribution is -2.18. The molecule has 0 N–H and O–H groups in total. The lowest BCUT2D eigenvalue weighted by molar-refractivity contribution is -0.141. The van der Waals surface area contributed by atoms with E-state index in [9.17, 15) is 13.2 Å². The molecule has 0 amide bonds. The number of alkyl halides is 3. The highest BCUT2D eigenvalue weighted by Gasteiger charge is 2.32. The fraction of sp³-hybridized carbons (Fsp3) is 0.231. The van der Waals surface area contributed by atoms with Crippen molar-refractivity contribution in [3.63, 3.8) is 0 Å². The summed E-state index contributed by atoms with van der Waals surface area (Å²) in [5, 5.41) is 0. The predicted octanol–water partition coefficient (Wildman–Crippen LogP) is 3.13. The molecule has 0 saturated carbocycles. The number of aromatic nitrogens is 2. The van der Waals surface area contributed by atoms with Crippen LogP contribution in [0.2, 0.25) is 0 Å². The number of hydrogen-bond acceptors (Lipinski definition) is 3. The average molecular weight is 267 g/mol. The predicted molar refractivity (Wildman–Crippen MR) is 65.6 cm³/mol. The summed E-state index contributed by atoms with van der Waals surface area (Å²) in [5.74, 6) is 0. The minimum Gasteiger partial charge on any atom is -0.370 e. The zero-order chi connectivity index (χ0) is 13.9. The van der Waals surface area contributed by atoms with Crippen molar-refractivity contribution in [2.45, 2.75) is 12.7 Å². The third-order valence-corrected chi connectivity index (χ3v) is 2.64. The van der Waals surface area contributed by atoms with E-state index in [0.717, 1.165) is 11.6 Å². The Morgan fingerprint density at radius 1 is 1.11 bits per heavy atom. The van der Waals surface area contributed by atoms with E-state index in [1.54, 1.807) is 30.4 Å². The molecule has 2 aromatic heterocycles. The maximum absolute atomic E-state index is 12.6. The molecule has 0 aliphatic heterocycles. The fourth-order valence-electron chi connectivity index (χ4n) is 1.67. The van der Waals surface area contributed by atoms with Crippen LogP contribution in [0, 0.1) is 0 Å². The topological polar surface area (TPSA) is 29.0 Å². The Kier molecular flexibility index (Phi) is 3.69. The molecule has 0 aromatic carbocycles. The number of nitrogens with zero attached hydrogens (tertiary/aromatic N) is 3. The molecule has 100 valence electrons.